The largest absolute Gasteiger partial charge is 0.452 e. The molecule has 6 heteroatoms. The number of rotatable bonds is 3. The molecule has 0 bridgehead atoms. The predicted octanol–water partition coefficient (Wildman–Crippen LogP) is 5.31. The lowest BCUT2D eigenvalue weighted by Gasteiger charge is -2.05. The Morgan fingerprint density at radius 2 is 1.71 bits per heavy atom. The van der Waals surface area contributed by atoms with Crippen molar-refractivity contribution < 1.29 is 23.5 Å². The minimum absolute atomic E-state index is 0.114. The van der Waals surface area contributed by atoms with Gasteiger partial charge < -0.3 is 9.47 Å². The maximum absolute atomic E-state index is 13.0. The summed E-state index contributed by atoms with van der Waals surface area (Å²) in [4.78, 5) is 24.7. The van der Waals surface area contributed by atoms with Crippen LogP contribution in [-0.2, 0) is 0 Å². The number of hydrogen-bond donors (Lipinski definition) is 0. The lowest BCUT2D eigenvalue weighted by molar-refractivity contribution is 0.0734. The van der Waals surface area contributed by atoms with Crippen LogP contribution in [0.2, 0.25) is 5.02 Å². The van der Waals surface area contributed by atoms with E-state index in [0.717, 1.165) is 0 Å². The fourth-order valence-electron chi connectivity index (χ4n) is 2.69. The van der Waals surface area contributed by atoms with E-state index in [4.69, 9.17) is 21.1 Å². The third kappa shape index (κ3) is 3.66. The third-order valence-corrected chi connectivity index (χ3v) is 4.35. The molecule has 1 aliphatic rings. The number of fused-ring (bicyclic) bond motifs is 1. The molecule has 28 heavy (non-hydrogen) atoms. The first-order valence-corrected chi connectivity index (χ1v) is 8.69. The molecule has 1 aliphatic heterocycles. The smallest absolute Gasteiger partial charge is 0.343 e. The van der Waals surface area contributed by atoms with Crippen molar-refractivity contribution in [3.05, 3.63) is 100 Å². The van der Waals surface area contributed by atoms with Crippen molar-refractivity contribution in [2.75, 3.05) is 0 Å². The first-order valence-electron chi connectivity index (χ1n) is 8.31. The van der Waals surface area contributed by atoms with Crippen molar-refractivity contribution in [1.82, 2.24) is 0 Å². The summed E-state index contributed by atoms with van der Waals surface area (Å²) in [7, 11) is 0. The molecule has 0 saturated heterocycles. The number of carbonyl (C=O) groups excluding carboxylic acids is 2. The summed E-state index contributed by atoms with van der Waals surface area (Å²) in [5.41, 5.74) is 1.34. The Morgan fingerprint density at radius 1 is 1.00 bits per heavy atom. The monoisotopic (exact) mass is 394 g/mol. The Hall–Kier alpha value is -3.44. The average Bonchev–Trinajstić information content (AvgIpc) is 2.99. The minimum Gasteiger partial charge on any atom is -0.452 e. The number of hydrogen-bond acceptors (Lipinski definition) is 4. The maximum Gasteiger partial charge on any atom is 0.343 e. The van der Waals surface area contributed by atoms with Gasteiger partial charge in [-0.15, -0.1) is 0 Å². The molecule has 3 aromatic carbocycles. The second kappa shape index (κ2) is 7.29. The summed E-state index contributed by atoms with van der Waals surface area (Å²) < 4.78 is 24.0. The van der Waals surface area contributed by atoms with Gasteiger partial charge in [0, 0.05) is 11.1 Å². The Bertz CT molecular complexity index is 1100. The highest BCUT2D eigenvalue weighted by Crippen LogP contribution is 2.35. The SMILES string of the molecule is O=C(Oc1ccc2c(c1)O/C(=C\c1ccc(F)cc1)C2=O)c1ccc(Cl)cc1. The fourth-order valence-corrected chi connectivity index (χ4v) is 2.82. The summed E-state index contributed by atoms with van der Waals surface area (Å²) in [5.74, 6) is -0.564. The number of ketones is 1. The summed E-state index contributed by atoms with van der Waals surface area (Å²) in [6.07, 6.45) is 1.53. The van der Waals surface area contributed by atoms with Crippen LogP contribution in [0.25, 0.3) is 6.08 Å². The molecule has 0 amide bonds. The van der Waals surface area contributed by atoms with Crippen LogP contribution < -0.4 is 9.47 Å². The molecule has 4 rings (SSSR count). The molecule has 0 aromatic heterocycles. The number of halogens is 2. The van der Waals surface area contributed by atoms with Crippen LogP contribution in [0, 0.1) is 5.82 Å². The number of allylic oxidation sites excluding steroid dienone is 1. The Labute approximate surface area is 164 Å². The summed E-state index contributed by atoms with van der Waals surface area (Å²) in [5, 5.41) is 0.515. The Balaban J connectivity index is 1.54. The van der Waals surface area contributed by atoms with Crippen molar-refractivity contribution in [2.45, 2.75) is 0 Å². The fraction of sp³-hybridized carbons (Fsp3) is 0. The van der Waals surface area contributed by atoms with Gasteiger partial charge in [0.25, 0.3) is 0 Å². The zero-order chi connectivity index (χ0) is 19.7. The molecule has 0 N–H and O–H groups in total. The molecule has 138 valence electrons. The van der Waals surface area contributed by atoms with Crippen LogP contribution in [0.1, 0.15) is 26.3 Å². The van der Waals surface area contributed by atoms with Crippen LogP contribution >= 0.6 is 11.6 Å². The maximum atomic E-state index is 13.0. The molecule has 0 fully saturated rings. The Kier molecular flexibility index (Phi) is 4.67. The van der Waals surface area contributed by atoms with E-state index in [2.05, 4.69) is 0 Å². The molecule has 0 unspecified atom stereocenters. The van der Waals surface area contributed by atoms with Gasteiger partial charge in [-0.25, -0.2) is 9.18 Å². The van der Waals surface area contributed by atoms with E-state index in [0.29, 0.717) is 27.5 Å². The molecule has 0 spiro atoms. The van der Waals surface area contributed by atoms with Crippen LogP contribution in [0.5, 0.6) is 11.5 Å². The lowest BCUT2D eigenvalue weighted by atomic mass is 10.1. The molecule has 3 aromatic rings. The van der Waals surface area contributed by atoms with E-state index in [1.165, 1.54) is 36.4 Å². The number of benzene rings is 3. The zero-order valence-corrected chi connectivity index (χ0v) is 15.1. The second-order valence-corrected chi connectivity index (χ2v) is 6.48. The molecule has 4 nitrogen and oxygen atoms in total. The highest BCUT2D eigenvalue weighted by molar-refractivity contribution is 6.30. The summed E-state index contributed by atoms with van der Waals surface area (Å²) in [6.45, 7) is 0. The van der Waals surface area contributed by atoms with Crippen molar-refractivity contribution in [3.8, 4) is 11.5 Å². The van der Waals surface area contributed by atoms with E-state index in [9.17, 15) is 14.0 Å². The normalized spacial score (nSPS) is 13.9. The van der Waals surface area contributed by atoms with E-state index in [1.807, 2.05) is 0 Å². The van der Waals surface area contributed by atoms with Gasteiger partial charge in [-0.3, -0.25) is 4.79 Å². The van der Waals surface area contributed by atoms with Gasteiger partial charge in [0.05, 0.1) is 11.1 Å². The van der Waals surface area contributed by atoms with Gasteiger partial charge >= 0.3 is 5.97 Å². The number of carbonyl (C=O) groups is 2. The van der Waals surface area contributed by atoms with Gasteiger partial charge in [-0.1, -0.05) is 23.7 Å². The van der Waals surface area contributed by atoms with Gasteiger partial charge in [-0.05, 0) is 60.2 Å². The molecule has 0 atom stereocenters. The molecule has 0 saturated carbocycles. The van der Waals surface area contributed by atoms with E-state index >= 15 is 0 Å². The Morgan fingerprint density at radius 3 is 2.43 bits per heavy atom. The first kappa shape index (κ1) is 17.9. The quantitative estimate of drug-likeness (QED) is 0.343. The van der Waals surface area contributed by atoms with Crippen LogP contribution in [-0.4, -0.2) is 11.8 Å². The van der Waals surface area contributed by atoms with Crippen molar-refractivity contribution in [1.29, 1.82) is 0 Å². The van der Waals surface area contributed by atoms with Crippen LogP contribution in [0.4, 0.5) is 4.39 Å². The van der Waals surface area contributed by atoms with Crippen LogP contribution in [0.3, 0.4) is 0 Å². The summed E-state index contributed by atoms with van der Waals surface area (Å²) >= 11 is 5.81. The van der Waals surface area contributed by atoms with Gasteiger partial charge in [-0.2, -0.15) is 0 Å². The standard InChI is InChI=1S/C22H12ClFO4/c23-15-5-3-14(4-6-15)22(26)27-17-9-10-18-19(12-17)28-20(21(18)25)11-13-1-7-16(24)8-2-13/h1-12H/b20-11-. The molecular formula is C22H12ClFO4. The van der Waals surface area contributed by atoms with E-state index in [1.54, 1.807) is 36.4 Å². The van der Waals surface area contributed by atoms with Crippen molar-refractivity contribution in [2.24, 2.45) is 0 Å². The number of Topliss-reactive ketones (excluding diaryl/α,β-unsaturated/α-hetero) is 1. The zero-order valence-electron chi connectivity index (χ0n) is 14.3. The van der Waals surface area contributed by atoms with E-state index in [-0.39, 0.29) is 23.1 Å². The minimum atomic E-state index is -0.553. The highest BCUT2D eigenvalue weighted by atomic mass is 35.5. The van der Waals surface area contributed by atoms with Gasteiger partial charge in [0.15, 0.2) is 5.76 Å². The molecule has 0 radical (unpaired) electrons. The lowest BCUT2D eigenvalue weighted by Crippen LogP contribution is -2.08. The highest BCUT2D eigenvalue weighted by Gasteiger charge is 2.28. The predicted molar refractivity (Wildman–Crippen MR) is 102 cm³/mol. The second-order valence-electron chi connectivity index (χ2n) is 6.05. The first-order chi connectivity index (χ1) is 13.5. The van der Waals surface area contributed by atoms with E-state index < -0.39 is 5.97 Å². The molecule has 1 heterocycles. The van der Waals surface area contributed by atoms with Crippen molar-refractivity contribution in [3.63, 3.8) is 0 Å². The molecular weight excluding hydrogens is 383 g/mol. The third-order valence-electron chi connectivity index (χ3n) is 4.10. The van der Waals surface area contributed by atoms with Gasteiger partial charge in [0.1, 0.15) is 17.3 Å². The van der Waals surface area contributed by atoms with Gasteiger partial charge in [0.2, 0.25) is 5.78 Å². The number of ether oxygens (including phenoxy) is 2. The number of esters is 1. The topological polar surface area (TPSA) is 52.6 Å². The van der Waals surface area contributed by atoms with Crippen molar-refractivity contribution >= 4 is 29.4 Å². The average molecular weight is 395 g/mol. The molecule has 0 aliphatic carbocycles. The van der Waals surface area contributed by atoms with Crippen LogP contribution in [0.15, 0.2) is 72.5 Å². The summed E-state index contributed by atoms with van der Waals surface area (Å²) in [6, 6.07) is 16.5.